The van der Waals surface area contributed by atoms with E-state index >= 15 is 0 Å². The lowest BCUT2D eigenvalue weighted by Crippen LogP contribution is -2.47. The molecule has 0 radical (unpaired) electrons. The minimum absolute atomic E-state index is 0.0591. The zero-order chi connectivity index (χ0) is 25.8. The van der Waals surface area contributed by atoms with Gasteiger partial charge in [-0.05, 0) is 28.2 Å². The minimum atomic E-state index is -4.76. The Morgan fingerprint density at radius 2 is 1.51 bits per heavy atom. The van der Waals surface area contributed by atoms with Gasteiger partial charge in [0.25, 0.3) is 0 Å². The zero-order valence-electron chi connectivity index (χ0n) is 19.3. The number of carboxylic acid groups (broad SMARTS) is 1. The summed E-state index contributed by atoms with van der Waals surface area (Å²) >= 11 is 0. The predicted molar refractivity (Wildman–Crippen MR) is 122 cm³/mol. The standard InChI is InChI=1S/C25H27F3N2O5/c1-14(2)20(11-22(31)29-21(23(32)33)12-25(26,27)28)30-24(34)35-13-19-17-9-5-3-7-15(17)16-8-4-6-10-18(16)19/h3-10,14,19-21H,11-13H2,1-2H3,(H,29,31)(H,30,34)(H,32,33). The second-order valence-electron chi connectivity index (χ2n) is 8.80. The van der Waals surface area contributed by atoms with E-state index in [9.17, 15) is 27.6 Å². The number of aliphatic carboxylic acids is 1. The molecule has 2 aromatic rings. The van der Waals surface area contributed by atoms with Gasteiger partial charge in [-0.2, -0.15) is 13.2 Å². The summed E-state index contributed by atoms with van der Waals surface area (Å²) in [7, 11) is 0. The number of alkyl carbamates (subject to hydrolysis) is 1. The molecule has 0 bridgehead atoms. The van der Waals surface area contributed by atoms with Crippen LogP contribution in [0.2, 0.25) is 0 Å². The molecule has 2 unspecified atom stereocenters. The minimum Gasteiger partial charge on any atom is -0.480 e. The van der Waals surface area contributed by atoms with Gasteiger partial charge in [0, 0.05) is 18.4 Å². The first-order valence-corrected chi connectivity index (χ1v) is 11.2. The molecule has 0 fully saturated rings. The fourth-order valence-corrected chi connectivity index (χ4v) is 4.13. The highest BCUT2D eigenvalue weighted by Crippen LogP contribution is 2.44. The van der Waals surface area contributed by atoms with Crippen molar-refractivity contribution < 1.29 is 37.4 Å². The predicted octanol–water partition coefficient (Wildman–Crippen LogP) is 4.46. The second-order valence-corrected chi connectivity index (χ2v) is 8.80. The van der Waals surface area contributed by atoms with E-state index in [2.05, 4.69) is 5.32 Å². The number of amides is 2. The van der Waals surface area contributed by atoms with Crippen LogP contribution in [0.15, 0.2) is 48.5 Å². The van der Waals surface area contributed by atoms with Gasteiger partial charge in [-0.3, -0.25) is 4.79 Å². The van der Waals surface area contributed by atoms with E-state index in [4.69, 9.17) is 9.84 Å². The monoisotopic (exact) mass is 492 g/mol. The molecule has 10 heteroatoms. The number of carbonyl (C=O) groups excluding carboxylic acids is 2. The lowest BCUT2D eigenvalue weighted by atomic mass is 9.98. The van der Waals surface area contributed by atoms with Crippen molar-refractivity contribution in [3.05, 3.63) is 59.7 Å². The molecular weight excluding hydrogens is 465 g/mol. The summed E-state index contributed by atoms with van der Waals surface area (Å²) in [5.41, 5.74) is 4.21. The third-order valence-corrected chi connectivity index (χ3v) is 5.93. The van der Waals surface area contributed by atoms with Gasteiger partial charge in [0.2, 0.25) is 5.91 Å². The third-order valence-electron chi connectivity index (χ3n) is 5.93. The highest BCUT2D eigenvalue weighted by molar-refractivity contribution is 5.84. The van der Waals surface area contributed by atoms with Crippen LogP contribution in [0, 0.1) is 5.92 Å². The number of carboxylic acids is 1. The Kier molecular flexibility index (Phi) is 8.03. The Hall–Kier alpha value is -3.56. The highest BCUT2D eigenvalue weighted by atomic mass is 19.4. The molecule has 3 rings (SSSR count). The number of nitrogens with one attached hydrogen (secondary N) is 2. The normalized spacial score (nSPS) is 14.6. The maximum absolute atomic E-state index is 12.6. The SMILES string of the molecule is CC(C)C(CC(=O)NC(CC(F)(F)F)C(=O)O)NC(=O)OCC1c2ccccc2-c2ccccc21. The molecule has 35 heavy (non-hydrogen) atoms. The first-order chi connectivity index (χ1) is 16.5. The van der Waals surface area contributed by atoms with E-state index in [1.807, 2.05) is 53.8 Å². The number of alkyl halides is 3. The van der Waals surface area contributed by atoms with Crippen LogP contribution in [-0.2, 0) is 14.3 Å². The van der Waals surface area contributed by atoms with Crippen LogP contribution < -0.4 is 10.6 Å². The van der Waals surface area contributed by atoms with Crippen molar-refractivity contribution in [1.29, 1.82) is 0 Å². The van der Waals surface area contributed by atoms with Gasteiger partial charge in [0.05, 0.1) is 6.42 Å². The number of fused-ring (bicyclic) bond motifs is 3. The van der Waals surface area contributed by atoms with E-state index in [0.717, 1.165) is 22.3 Å². The van der Waals surface area contributed by atoms with Crippen LogP contribution in [0.5, 0.6) is 0 Å². The molecule has 0 heterocycles. The highest BCUT2D eigenvalue weighted by Gasteiger charge is 2.37. The lowest BCUT2D eigenvalue weighted by molar-refractivity contribution is -0.160. The van der Waals surface area contributed by atoms with Crippen LogP contribution >= 0.6 is 0 Å². The maximum atomic E-state index is 12.6. The molecule has 0 saturated carbocycles. The number of carbonyl (C=O) groups is 3. The van der Waals surface area contributed by atoms with Crippen molar-refractivity contribution in [2.24, 2.45) is 5.92 Å². The molecule has 1 aliphatic rings. The molecule has 3 N–H and O–H groups in total. The van der Waals surface area contributed by atoms with E-state index in [1.165, 1.54) is 0 Å². The number of rotatable bonds is 9. The van der Waals surface area contributed by atoms with Crippen molar-refractivity contribution >= 4 is 18.0 Å². The van der Waals surface area contributed by atoms with Gasteiger partial charge in [-0.25, -0.2) is 9.59 Å². The lowest BCUT2D eigenvalue weighted by Gasteiger charge is -2.24. The first-order valence-electron chi connectivity index (χ1n) is 11.2. The van der Waals surface area contributed by atoms with Crippen LogP contribution in [0.4, 0.5) is 18.0 Å². The molecule has 7 nitrogen and oxygen atoms in total. The fourth-order valence-electron chi connectivity index (χ4n) is 4.13. The van der Waals surface area contributed by atoms with E-state index in [0.29, 0.717) is 0 Å². The van der Waals surface area contributed by atoms with Gasteiger partial charge in [0.1, 0.15) is 12.6 Å². The average molecular weight is 492 g/mol. The smallest absolute Gasteiger partial charge is 0.407 e. The average Bonchev–Trinajstić information content (AvgIpc) is 3.09. The van der Waals surface area contributed by atoms with Crippen molar-refractivity contribution in [1.82, 2.24) is 10.6 Å². The first kappa shape index (κ1) is 26.1. The van der Waals surface area contributed by atoms with Crippen molar-refractivity contribution in [3.8, 4) is 11.1 Å². The number of ether oxygens (including phenoxy) is 1. The number of hydrogen-bond acceptors (Lipinski definition) is 4. The molecule has 0 saturated heterocycles. The number of benzene rings is 2. The van der Waals surface area contributed by atoms with Crippen LogP contribution in [0.25, 0.3) is 11.1 Å². The number of hydrogen-bond donors (Lipinski definition) is 3. The van der Waals surface area contributed by atoms with Gasteiger partial charge >= 0.3 is 18.2 Å². The topological polar surface area (TPSA) is 105 Å². The van der Waals surface area contributed by atoms with E-state index in [1.54, 1.807) is 13.8 Å². The van der Waals surface area contributed by atoms with Crippen molar-refractivity contribution in [3.63, 3.8) is 0 Å². The summed E-state index contributed by atoms with van der Waals surface area (Å²) in [5.74, 6) is -3.14. The Morgan fingerprint density at radius 1 is 0.971 bits per heavy atom. The molecule has 2 atom stereocenters. The Bertz CT molecular complexity index is 1040. The molecule has 0 aromatic heterocycles. The quantitative estimate of drug-likeness (QED) is 0.479. The van der Waals surface area contributed by atoms with Gasteiger partial charge in [-0.1, -0.05) is 62.4 Å². The van der Waals surface area contributed by atoms with E-state index in [-0.39, 0.29) is 18.4 Å². The Morgan fingerprint density at radius 3 is 2.00 bits per heavy atom. The van der Waals surface area contributed by atoms with Crippen molar-refractivity contribution in [2.75, 3.05) is 6.61 Å². The third kappa shape index (κ3) is 6.74. The summed E-state index contributed by atoms with van der Waals surface area (Å²) < 4.78 is 43.2. The Labute approximate surface area is 200 Å². The van der Waals surface area contributed by atoms with Crippen molar-refractivity contribution in [2.45, 2.75) is 50.9 Å². The summed E-state index contributed by atoms with van der Waals surface area (Å²) in [5, 5.41) is 13.4. The molecule has 1 aliphatic carbocycles. The summed E-state index contributed by atoms with van der Waals surface area (Å²) in [4.78, 5) is 35.9. The fraction of sp³-hybridized carbons (Fsp3) is 0.400. The van der Waals surface area contributed by atoms with Gasteiger partial charge < -0.3 is 20.5 Å². The van der Waals surface area contributed by atoms with Crippen LogP contribution in [-0.4, -0.2) is 47.9 Å². The summed E-state index contributed by atoms with van der Waals surface area (Å²) in [6, 6.07) is 12.8. The summed E-state index contributed by atoms with van der Waals surface area (Å²) in [6.07, 6.45) is -7.62. The number of halogens is 3. The maximum Gasteiger partial charge on any atom is 0.407 e. The van der Waals surface area contributed by atoms with E-state index < -0.39 is 49.1 Å². The van der Waals surface area contributed by atoms with Crippen LogP contribution in [0.3, 0.4) is 0 Å². The zero-order valence-corrected chi connectivity index (χ0v) is 19.3. The van der Waals surface area contributed by atoms with Gasteiger partial charge in [0.15, 0.2) is 0 Å². The molecule has 0 spiro atoms. The molecule has 0 aliphatic heterocycles. The summed E-state index contributed by atoms with van der Waals surface area (Å²) in [6.45, 7) is 3.49. The molecular formula is C25H27F3N2O5. The largest absolute Gasteiger partial charge is 0.480 e. The molecule has 2 amide bonds. The molecule has 2 aromatic carbocycles. The van der Waals surface area contributed by atoms with Gasteiger partial charge in [-0.15, -0.1) is 0 Å². The second kappa shape index (κ2) is 10.8. The Balaban J connectivity index is 1.60. The molecule has 188 valence electrons. The van der Waals surface area contributed by atoms with Crippen LogP contribution in [0.1, 0.15) is 43.7 Å².